The molecule has 1 heterocycles. The van der Waals surface area contributed by atoms with Crippen molar-refractivity contribution < 1.29 is 9.59 Å². The Morgan fingerprint density at radius 2 is 1.71 bits per heavy atom. The van der Waals surface area contributed by atoms with E-state index in [2.05, 4.69) is 4.90 Å². The fourth-order valence-corrected chi connectivity index (χ4v) is 2.36. The van der Waals surface area contributed by atoms with E-state index in [-0.39, 0.29) is 11.8 Å². The van der Waals surface area contributed by atoms with Gasteiger partial charge in [-0.3, -0.25) is 14.5 Å². The summed E-state index contributed by atoms with van der Waals surface area (Å²) in [5.41, 5.74) is 7.16. The summed E-state index contributed by atoms with van der Waals surface area (Å²) < 4.78 is 0. The number of nitrogens with two attached hydrogens (primary N) is 1. The number of anilines is 2. The molecule has 2 N–H and O–H groups in total. The number of hydrogen-bond acceptors (Lipinski definition) is 4. The lowest BCUT2D eigenvalue weighted by molar-refractivity contribution is -0.130. The number of likely N-dealkylation sites (N-methyl/N-ethyl adjacent to an activating group) is 1. The normalized spacial score (nSPS) is 15.8. The van der Waals surface area contributed by atoms with E-state index in [1.54, 1.807) is 31.0 Å². The molecular formula is C15H22N4O2. The van der Waals surface area contributed by atoms with E-state index in [0.717, 1.165) is 18.8 Å². The van der Waals surface area contributed by atoms with Gasteiger partial charge >= 0.3 is 0 Å². The van der Waals surface area contributed by atoms with E-state index in [1.807, 2.05) is 17.0 Å². The lowest BCUT2D eigenvalue weighted by atomic mass is 10.2. The molecular weight excluding hydrogens is 268 g/mol. The molecule has 1 saturated heterocycles. The molecule has 114 valence electrons. The van der Waals surface area contributed by atoms with Crippen LogP contribution < -0.4 is 10.6 Å². The van der Waals surface area contributed by atoms with Crippen LogP contribution in [0.2, 0.25) is 0 Å². The van der Waals surface area contributed by atoms with Crippen molar-refractivity contribution in [1.82, 2.24) is 9.80 Å². The molecule has 1 aliphatic rings. The van der Waals surface area contributed by atoms with Gasteiger partial charge in [-0.2, -0.15) is 0 Å². The minimum Gasteiger partial charge on any atom is -0.399 e. The van der Waals surface area contributed by atoms with Crippen molar-refractivity contribution in [3.05, 3.63) is 24.3 Å². The Balaban J connectivity index is 1.87. The first-order chi connectivity index (χ1) is 9.97. The predicted molar refractivity (Wildman–Crippen MR) is 83.0 cm³/mol. The SMILES string of the molecule is CC(=O)N1CCN(CC(=O)N(C)c2ccc(N)cc2)CC1. The zero-order valence-corrected chi connectivity index (χ0v) is 12.6. The van der Waals surface area contributed by atoms with E-state index in [0.29, 0.717) is 25.3 Å². The molecule has 0 spiro atoms. The van der Waals surface area contributed by atoms with Crippen molar-refractivity contribution in [2.75, 3.05) is 50.4 Å². The van der Waals surface area contributed by atoms with Crippen molar-refractivity contribution in [2.24, 2.45) is 0 Å². The number of carbonyl (C=O) groups excluding carboxylic acids is 2. The summed E-state index contributed by atoms with van der Waals surface area (Å²) in [6.07, 6.45) is 0. The summed E-state index contributed by atoms with van der Waals surface area (Å²) in [6.45, 7) is 4.80. The maximum Gasteiger partial charge on any atom is 0.240 e. The Kier molecular flexibility index (Phi) is 4.80. The van der Waals surface area contributed by atoms with Crippen LogP contribution in [0.25, 0.3) is 0 Å². The summed E-state index contributed by atoms with van der Waals surface area (Å²) in [5.74, 6) is 0.135. The smallest absolute Gasteiger partial charge is 0.240 e. The van der Waals surface area contributed by atoms with Crippen molar-refractivity contribution >= 4 is 23.2 Å². The second kappa shape index (κ2) is 6.58. The van der Waals surface area contributed by atoms with Crippen molar-refractivity contribution in [3.63, 3.8) is 0 Å². The van der Waals surface area contributed by atoms with Gasteiger partial charge in [0.15, 0.2) is 0 Å². The average molecular weight is 290 g/mol. The first-order valence-corrected chi connectivity index (χ1v) is 7.07. The van der Waals surface area contributed by atoms with Crippen LogP contribution in [0.15, 0.2) is 24.3 Å². The Hall–Kier alpha value is -2.08. The van der Waals surface area contributed by atoms with Crippen LogP contribution in [-0.2, 0) is 9.59 Å². The molecule has 1 aromatic rings. The Morgan fingerprint density at radius 1 is 1.14 bits per heavy atom. The molecule has 1 aliphatic heterocycles. The molecule has 0 aromatic heterocycles. The molecule has 21 heavy (non-hydrogen) atoms. The number of carbonyl (C=O) groups is 2. The maximum absolute atomic E-state index is 12.3. The van der Waals surface area contributed by atoms with Crippen LogP contribution in [0.4, 0.5) is 11.4 Å². The first-order valence-electron chi connectivity index (χ1n) is 7.07. The van der Waals surface area contributed by atoms with Crippen LogP contribution >= 0.6 is 0 Å². The third-order valence-corrected chi connectivity index (χ3v) is 3.83. The summed E-state index contributed by atoms with van der Waals surface area (Å²) in [7, 11) is 1.76. The number of amides is 2. The molecule has 0 aliphatic carbocycles. The van der Waals surface area contributed by atoms with Gasteiger partial charge in [0.25, 0.3) is 0 Å². The molecule has 6 nitrogen and oxygen atoms in total. The van der Waals surface area contributed by atoms with Gasteiger partial charge in [-0.25, -0.2) is 0 Å². The molecule has 0 unspecified atom stereocenters. The number of rotatable bonds is 3. The van der Waals surface area contributed by atoms with Crippen LogP contribution in [0.1, 0.15) is 6.92 Å². The highest BCUT2D eigenvalue weighted by molar-refractivity contribution is 5.94. The van der Waals surface area contributed by atoms with Gasteiger partial charge in [0.05, 0.1) is 6.54 Å². The summed E-state index contributed by atoms with van der Waals surface area (Å²) in [6, 6.07) is 7.23. The van der Waals surface area contributed by atoms with Gasteiger partial charge < -0.3 is 15.5 Å². The Labute approximate surface area is 125 Å². The Bertz CT molecular complexity index is 507. The minimum absolute atomic E-state index is 0.0380. The van der Waals surface area contributed by atoms with Crippen LogP contribution in [0, 0.1) is 0 Å². The third kappa shape index (κ3) is 3.95. The largest absolute Gasteiger partial charge is 0.399 e. The molecule has 0 bridgehead atoms. The minimum atomic E-state index is 0.0380. The highest BCUT2D eigenvalue weighted by Gasteiger charge is 2.21. The third-order valence-electron chi connectivity index (χ3n) is 3.83. The topological polar surface area (TPSA) is 69.9 Å². The summed E-state index contributed by atoms with van der Waals surface area (Å²) in [5, 5.41) is 0. The Morgan fingerprint density at radius 3 is 2.24 bits per heavy atom. The van der Waals surface area contributed by atoms with Crippen molar-refractivity contribution in [2.45, 2.75) is 6.92 Å². The zero-order valence-electron chi connectivity index (χ0n) is 12.6. The van der Waals surface area contributed by atoms with Crippen molar-refractivity contribution in [1.29, 1.82) is 0 Å². The molecule has 2 rings (SSSR count). The number of benzene rings is 1. The van der Waals surface area contributed by atoms with Gasteiger partial charge in [0.1, 0.15) is 0 Å². The maximum atomic E-state index is 12.3. The van der Waals surface area contributed by atoms with Gasteiger partial charge in [-0.15, -0.1) is 0 Å². The van der Waals surface area contributed by atoms with E-state index in [1.165, 1.54) is 0 Å². The fraction of sp³-hybridized carbons (Fsp3) is 0.467. The first kappa shape index (κ1) is 15.3. The summed E-state index contributed by atoms with van der Waals surface area (Å²) >= 11 is 0. The van der Waals surface area contributed by atoms with Gasteiger partial charge in [0, 0.05) is 51.5 Å². The predicted octanol–water partition coefficient (Wildman–Crippen LogP) is 0.396. The number of nitrogens with zero attached hydrogens (tertiary/aromatic N) is 3. The molecule has 6 heteroatoms. The van der Waals surface area contributed by atoms with Gasteiger partial charge in [-0.1, -0.05) is 0 Å². The van der Waals surface area contributed by atoms with E-state index in [4.69, 9.17) is 5.73 Å². The fourth-order valence-electron chi connectivity index (χ4n) is 2.36. The van der Waals surface area contributed by atoms with Gasteiger partial charge in [-0.05, 0) is 24.3 Å². The molecule has 1 aromatic carbocycles. The second-order valence-electron chi connectivity index (χ2n) is 5.33. The van der Waals surface area contributed by atoms with Crippen LogP contribution in [0.3, 0.4) is 0 Å². The highest BCUT2D eigenvalue weighted by Crippen LogP contribution is 2.15. The summed E-state index contributed by atoms with van der Waals surface area (Å²) in [4.78, 5) is 29.1. The number of nitrogen functional groups attached to an aromatic ring is 1. The number of piperazine rings is 1. The monoisotopic (exact) mass is 290 g/mol. The second-order valence-corrected chi connectivity index (χ2v) is 5.33. The van der Waals surface area contributed by atoms with Crippen LogP contribution in [-0.4, -0.2) is 61.4 Å². The van der Waals surface area contributed by atoms with E-state index >= 15 is 0 Å². The zero-order chi connectivity index (χ0) is 15.4. The standard InChI is InChI=1S/C15H22N4O2/c1-12(20)19-9-7-18(8-10-19)11-15(21)17(2)14-5-3-13(16)4-6-14/h3-6H,7-11,16H2,1-2H3. The van der Waals surface area contributed by atoms with E-state index in [9.17, 15) is 9.59 Å². The van der Waals surface area contributed by atoms with Crippen molar-refractivity contribution in [3.8, 4) is 0 Å². The molecule has 0 radical (unpaired) electrons. The lowest BCUT2D eigenvalue weighted by Gasteiger charge is -2.34. The van der Waals surface area contributed by atoms with E-state index < -0.39 is 0 Å². The van der Waals surface area contributed by atoms with Gasteiger partial charge in [0.2, 0.25) is 11.8 Å². The lowest BCUT2D eigenvalue weighted by Crippen LogP contribution is -2.50. The molecule has 2 amide bonds. The average Bonchev–Trinajstić information content (AvgIpc) is 2.47. The highest BCUT2D eigenvalue weighted by atomic mass is 16.2. The van der Waals surface area contributed by atoms with Crippen LogP contribution in [0.5, 0.6) is 0 Å². The molecule has 1 fully saturated rings. The molecule has 0 atom stereocenters. The molecule has 0 saturated carbocycles. The quantitative estimate of drug-likeness (QED) is 0.818. The number of hydrogen-bond donors (Lipinski definition) is 1.